The molecule has 0 saturated carbocycles. The maximum atomic E-state index is 11.5. The van der Waals surface area contributed by atoms with Crippen molar-refractivity contribution in [2.45, 2.75) is 20.8 Å². The molecule has 0 aliphatic carbocycles. The highest BCUT2D eigenvalue weighted by Gasteiger charge is 2.27. The van der Waals surface area contributed by atoms with Gasteiger partial charge in [-0.15, -0.1) is 0 Å². The average molecular weight is 222 g/mol. The molecule has 0 aromatic heterocycles. The topological polar surface area (TPSA) is 63.6 Å². The van der Waals surface area contributed by atoms with E-state index in [0.717, 1.165) is 0 Å². The van der Waals surface area contributed by atoms with E-state index in [1.54, 1.807) is 32.9 Å². The molecule has 1 aromatic carbocycles. The third-order valence-corrected chi connectivity index (χ3v) is 1.92. The summed E-state index contributed by atoms with van der Waals surface area (Å²) >= 11 is 0. The molecule has 0 unspecified atom stereocenters. The molecule has 4 heteroatoms. The fourth-order valence-electron chi connectivity index (χ4n) is 0.939. The summed E-state index contributed by atoms with van der Waals surface area (Å²) in [6, 6.07) is 5.92. The summed E-state index contributed by atoms with van der Waals surface area (Å²) in [6.07, 6.45) is 0. The number of para-hydroxylation sites is 1. The van der Waals surface area contributed by atoms with Crippen LogP contribution >= 0.6 is 0 Å². The van der Waals surface area contributed by atoms with Gasteiger partial charge in [0.05, 0.1) is 5.41 Å². The lowest BCUT2D eigenvalue weighted by Gasteiger charge is -2.15. The van der Waals surface area contributed by atoms with Gasteiger partial charge in [0, 0.05) is 0 Å². The molecule has 86 valence electrons. The van der Waals surface area contributed by atoms with Crippen molar-refractivity contribution in [2.24, 2.45) is 5.41 Å². The lowest BCUT2D eigenvalue weighted by atomic mass is 9.97. The fourth-order valence-corrected chi connectivity index (χ4v) is 0.939. The average Bonchev–Trinajstić information content (AvgIpc) is 2.16. The Balaban J connectivity index is 2.82. The third-order valence-electron chi connectivity index (χ3n) is 1.92. The highest BCUT2D eigenvalue weighted by molar-refractivity contribution is 5.99. The van der Waals surface area contributed by atoms with Gasteiger partial charge in [-0.2, -0.15) is 0 Å². The van der Waals surface area contributed by atoms with Crippen molar-refractivity contribution in [1.82, 2.24) is 0 Å². The van der Waals surface area contributed by atoms with Crippen LogP contribution in [-0.4, -0.2) is 17.0 Å². The van der Waals surface area contributed by atoms with Crippen LogP contribution in [0.2, 0.25) is 0 Å². The number of phenolic OH excluding ortho intramolecular Hbond substituents is 1. The van der Waals surface area contributed by atoms with E-state index >= 15 is 0 Å². The summed E-state index contributed by atoms with van der Waals surface area (Å²) in [5.41, 5.74) is -0.764. The minimum absolute atomic E-state index is 0.0138. The molecule has 0 amide bonds. The molecule has 16 heavy (non-hydrogen) atoms. The lowest BCUT2D eigenvalue weighted by Crippen LogP contribution is -2.25. The second-order valence-corrected chi connectivity index (χ2v) is 4.44. The first-order valence-corrected chi connectivity index (χ1v) is 4.87. The van der Waals surface area contributed by atoms with Crippen LogP contribution in [0.5, 0.6) is 5.75 Å². The normalized spacial score (nSPS) is 10.9. The summed E-state index contributed by atoms with van der Waals surface area (Å²) in [4.78, 5) is 23.0. The summed E-state index contributed by atoms with van der Waals surface area (Å²) in [5.74, 6) is -1.66. The molecule has 0 bridgehead atoms. The molecule has 0 heterocycles. The summed E-state index contributed by atoms with van der Waals surface area (Å²) in [5, 5.41) is 9.38. The van der Waals surface area contributed by atoms with E-state index < -0.39 is 17.4 Å². The van der Waals surface area contributed by atoms with Crippen LogP contribution in [0.1, 0.15) is 31.1 Å². The van der Waals surface area contributed by atoms with Crippen molar-refractivity contribution in [2.75, 3.05) is 0 Å². The zero-order chi connectivity index (χ0) is 12.3. The van der Waals surface area contributed by atoms with Crippen LogP contribution in [0, 0.1) is 5.41 Å². The molecular formula is C12H14O4. The second-order valence-electron chi connectivity index (χ2n) is 4.44. The lowest BCUT2D eigenvalue weighted by molar-refractivity contribution is -0.146. The number of hydrogen-bond donors (Lipinski definition) is 1. The predicted molar refractivity (Wildman–Crippen MR) is 58.0 cm³/mol. The molecule has 0 fully saturated rings. The molecule has 1 aromatic rings. The van der Waals surface area contributed by atoms with Gasteiger partial charge in [-0.1, -0.05) is 12.1 Å². The standard InChI is InChI=1S/C12H14O4/c1-12(2,3)11(15)16-10(14)8-6-4-5-7-9(8)13/h4-7,13H,1-3H3. The Morgan fingerprint density at radius 1 is 1.19 bits per heavy atom. The zero-order valence-electron chi connectivity index (χ0n) is 9.48. The number of rotatable bonds is 1. The molecule has 0 aliphatic rings. The van der Waals surface area contributed by atoms with E-state index in [1.165, 1.54) is 12.1 Å². The summed E-state index contributed by atoms with van der Waals surface area (Å²) in [6.45, 7) is 4.94. The minimum Gasteiger partial charge on any atom is -0.507 e. The zero-order valence-corrected chi connectivity index (χ0v) is 9.48. The van der Waals surface area contributed by atoms with Crippen molar-refractivity contribution < 1.29 is 19.4 Å². The van der Waals surface area contributed by atoms with E-state index in [4.69, 9.17) is 0 Å². The number of phenols is 1. The van der Waals surface area contributed by atoms with Crippen LogP contribution in [0.25, 0.3) is 0 Å². The number of carbonyl (C=O) groups excluding carboxylic acids is 2. The van der Waals surface area contributed by atoms with E-state index in [9.17, 15) is 14.7 Å². The van der Waals surface area contributed by atoms with Gasteiger partial charge in [0.15, 0.2) is 0 Å². The van der Waals surface area contributed by atoms with Gasteiger partial charge >= 0.3 is 11.9 Å². The van der Waals surface area contributed by atoms with E-state index in [2.05, 4.69) is 4.74 Å². The number of hydrogen-bond acceptors (Lipinski definition) is 4. The Bertz CT molecular complexity index is 415. The van der Waals surface area contributed by atoms with Crippen molar-refractivity contribution >= 4 is 11.9 Å². The number of benzene rings is 1. The van der Waals surface area contributed by atoms with Gasteiger partial charge in [-0.05, 0) is 32.9 Å². The summed E-state index contributed by atoms with van der Waals surface area (Å²) < 4.78 is 4.64. The SMILES string of the molecule is CC(C)(C)C(=O)OC(=O)c1ccccc1O. The Morgan fingerprint density at radius 3 is 2.25 bits per heavy atom. The Morgan fingerprint density at radius 2 is 1.75 bits per heavy atom. The molecule has 0 spiro atoms. The van der Waals surface area contributed by atoms with E-state index in [0.29, 0.717) is 0 Å². The molecule has 0 radical (unpaired) electrons. The first kappa shape index (κ1) is 12.2. The van der Waals surface area contributed by atoms with Crippen molar-refractivity contribution in [1.29, 1.82) is 0 Å². The molecule has 4 nitrogen and oxygen atoms in total. The van der Waals surface area contributed by atoms with Gasteiger partial charge in [-0.25, -0.2) is 4.79 Å². The second kappa shape index (κ2) is 4.35. The Labute approximate surface area is 93.9 Å². The summed E-state index contributed by atoms with van der Waals surface area (Å²) in [7, 11) is 0. The van der Waals surface area contributed by atoms with Crippen molar-refractivity contribution in [3.63, 3.8) is 0 Å². The molecule has 0 saturated heterocycles. The minimum atomic E-state index is -0.835. The van der Waals surface area contributed by atoms with Gasteiger partial charge in [0.1, 0.15) is 11.3 Å². The quantitative estimate of drug-likeness (QED) is 0.584. The van der Waals surface area contributed by atoms with Crippen LogP contribution < -0.4 is 0 Å². The van der Waals surface area contributed by atoms with Gasteiger partial charge in [0.2, 0.25) is 0 Å². The van der Waals surface area contributed by atoms with Crippen LogP contribution in [0.15, 0.2) is 24.3 Å². The number of carbonyl (C=O) groups is 2. The van der Waals surface area contributed by atoms with Gasteiger partial charge in [0.25, 0.3) is 0 Å². The predicted octanol–water partition coefficient (Wildman–Crippen LogP) is 2.12. The van der Waals surface area contributed by atoms with Crippen molar-refractivity contribution in [3.05, 3.63) is 29.8 Å². The van der Waals surface area contributed by atoms with Gasteiger partial charge in [-0.3, -0.25) is 4.79 Å². The molecular weight excluding hydrogens is 208 g/mol. The van der Waals surface area contributed by atoms with Crippen LogP contribution in [0.4, 0.5) is 0 Å². The van der Waals surface area contributed by atoms with Crippen LogP contribution in [-0.2, 0) is 9.53 Å². The number of esters is 2. The monoisotopic (exact) mass is 222 g/mol. The third kappa shape index (κ3) is 2.82. The maximum Gasteiger partial charge on any atom is 0.349 e. The first-order chi connectivity index (χ1) is 7.32. The Kier molecular flexibility index (Phi) is 3.32. The van der Waals surface area contributed by atoms with E-state index in [-0.39, 0.29) is 11.3 Å². The smallest absolute Gasteiger partial charge is 0.349 e. The maximum absolute atomic E-state index is 11.5. The highest BCUT2D eigenvalue weighted by atomic mass is 16.6. The molecule has 0 aliphatic heterocycles. The first-order valence-electron chi connectivity index (χ1n) is 4.87. The molecule has 0 atom stereocenters. The van der Waals surface area contributed by atoms with E-state index in [1.807, 2.05) is 0 Å². The van der Waals surface area contributed by atoms with Crippen molar-refractivity contribution in [3.8, 4) is 5.75 Å². The molecule has 1 N–H and O–H groups in total. The Hall–Kier alpha value is -1.84. The number of aromatic hydroxyl groups is 1. The highest BCUT2D eigenvalue weighted by Crippen LogP contribution is 2.20. The van der Waals surface area contributed by atoms with Gasteiger partial charge < -0.3 is 9.84 Å². The number of ether oxygens (including phenoxy) is 1. The van der Waals surface area contributed by atoms with Crippen LogP contribution in [0.3, 0.4) is 0 Å². The largest absolute Gasteiger partial charge is 0.507 e. The fraction of sp³-hybridized carbons (Fsp3) is 0.333. The molecule has 1 rings (SSSR count).